The summed E-state index contributed by atoms with van der Waals surface area (Å²) >= 11 is 0. The number of fused-ring (bicyclic) bond motifs is 1. The number of hydrogen-bond donors (Lipinski definition) is 0. The van der Waals surface area contributed by atoms with Crippen LogP contribution < -0.4 is 33.4 Å². The average Bonchev–Trinajstić information content (AvgIpc) is 2.44. The Balaban J connectivity index is 0.00000133. The Labute approximate surface area is 128 Å². The zero-order chi connectivity index (χ0) is 12.4. The third-order valence-corrected chi connectivity index (χ3v) is 2.84. The van der Waals surface area contributed by atoms with Gasteiger partial charge < -0.3 is 28.7 Å². The molecule has 0 radical (unpaired) electrons. The standard InChI is InChI=1S/C15H13N2O.HI/c1-17-14-10-6-5-9-13(14)15(11-16-17)18-12-7-3-2-4-8-12;/h2-11H,1H3;1H/q+1;/p-1. The molecule has 0 spiro atoms. The van der Waals surface area contributed by atoms with Crippen molar-refractivity contribution < 1.29 is 33.4 Å². The van der Waals surface area contributed by atoms with E-state index in [1.807, 2.05) is 66.3 Å². The van der Waals surface area contributed by atoms with Gasteiger partial charge in [0.2, 0.25) is 5.52 Å². The molecule has 96 valence electrons. The molecule has 0 aliphatic carbocycles. The second-order valence-electron chi connectivity index (χ2n) is 4.06. The van der Waals surface area contributed by atoms with Gasteiger partial charge >= 0.3 is 0 Å². The number of aryl methyl sites for hydroxylation is 1. The van der Waals surface area contributed by atoms with Crippen LogP contribution in [0.2, 0.25) is 0 Å². The highest BCUT2D eigenvalue weighted by atomic mass is 127. The van der Waals surface area contributed by atoms with Crippen molar-refractivity contribution in [2.45, 2.75) is 0 Å². The molecule has 0 aliphatic rings. The Morgan fingerprint density at radius 1 is 0.947 bits per heavy atom. The largest absolute Gasteiger partial charge is 1.00 e. The highest BCUT2D eigenvalue weighted by Crippen LogP contribution is 2.26. The molecule has 3 rings (SSSR count). The summed E-state index contributed by atoms with van der Waals surface area (Å²) in [4.78, 5) is 0. The van der Waals surface area contributed by atoms with Crippen molar-refractivity contribution in [2.24, 2.45) is 7.05 Å². The Kier molecular flexibility index (Phi) is 4.31. The van der Waals surface area contributed by atoms with Gasteiger partial charge in [0.25, 0.3) is 0 Å². The van der Waals surface area contributed by atoms with Gasteiger partial charge in [-0.2, -0.15) is 0 Å². The molecule has 3 nitrogen and oxygen atoms in total. The molecule has 0 fully saturated rings. The van der Waals surface area contributed by atoms with Crippen LogP contribution in [0.4, 0.5) is 0 Å². The highest BCUT2D eigenvalue weighted by Gasteiger charge is 2.11. The lowest BCUT2D eigenvalue weighted by Gasteiger charge is -2.06. The number of aromatic nitrogens is 2. The summed E-state index contributed by atoms with van der Waals surface area (Å²) in [6.45, 7) is 0. The second-order valence-corrected chi connectivity index (χ2v) is 4.06. The first kappa shape index (κ1) is 13.7. The van der Waals surface area contributed by atoms with E-state index >= 15 is 0 Å². The number of nitrogens with zero attached hydrogens (tertiary/aromatic N) is 2. The third-order valence-electron chi connectivity index (χ3n) is 2.84. The Bertz CT molecular complexity index is 686. The van der Waals surface area contributed by atoms with Crippen LogP contribution in [0.25, 0.3) is 10.9 Å². The minimum Gasteiger partial charge on any atom is -1.00 e. The molecule has 0 saturated heterocycles. The summed E-state index contributed by atoms with van der Waals surface area (Å²) in [6.07, 6.45) is 1.75. The quantitative estimate of drug-likeness (QED) is 0.467. The molecule has 19 heavy (non-hydrogen) atoms. The predicted molar refractivity (Wildman–Crippen MR) is 69.4 cm³/mol. The molecule has 0 unspecified atom stereocenters. The second kappa shape index (κ2) is 5.97. The zero-order valence-corrected chi connectivity index (χ0v) is 12.6. The zero-order valence-electron chi connectivity index (χ0n) is 10.5. The molecule has 1 heterocycles. The molecule has 0 N–H and O–H groups in total. The summed E-state index contributed by atoms with van der Waals surface area (Å²) in [5, 5.41) is 5.35. The number of ether oxygens (including phenoxy) is 1. The number of halogens is 1. The first-order valence-corrected chi connectivity index (χ1v) is 5.81. The van der Waals surface area contributed by atoms with Crippen molar-refractivity contribution >= 4 is 10.9 Å². The highest BCUT2D eigenvalue weighted by molar-refractivity contribution is 5.82. The fourth-order valence-electron chi connectivity index (χ4n) is 1.93. The van der Waals surface area contributed by atoms with Gasteiger partial charge in [0.15, 0.2) is 12.8 Å². The minimum absolute atomic E-state index is 0. The van der Waals surface area contributed by atoms with Crippen molar-refractivity contribution in [2.75, 3.05) is 0 Å². The molecule has 2 aromatic carbocycles. The van der Waals surface area contributed by atoms with Crippen LogP contribution in [0.3, 0.4) is 0 Å². The van der Waals surface area contributed by atoms with E-state index in [-0.39, 0.29) is 24.0 Å². The SMILES string of the molecule is C[n+]1ncc(Oc2ccccc2)c2ccccc21.[I-]. The van der Waals surface area contributed by atoms with E-state index in [4.69, 9.17) is 4.74 Å². The van der Waals surface area contributed by atoms with Gasteiger partial charge in [-0.15, -0.1) is 0 Å². The van der Waals surface area contributed by atoms with Crippen LogP contribution in [0, 0.1) is 0 Å². The van der Waals surface area contributed by atoms with E-state index in [0.29, 0.717) is 0 Å². The van der Waals surface area contributed by atoms with Crippen molar-refractivity contribution in [3.63, 3.8) is 0 Å². The number of para-hydroxylation sites is 2. The molecule has 0 bridgehead atoms. The first-order valence-electron chi connectivity index (χ1n) is 5.81. The summed E-state index contributed by atoms with van der Waals surface area (Å²) in [7, 11) is 1.93. The summed E-state index contributed by atoms with van der Waals surface area (Å²) < 4.78 is 7.71. The van der Waals surface area contributed by atoms with Gasteiger partial charge in [0.1, 0.15) is 11.9 Å². The van der Waals surface area contributed by atoms with Crippen LogP contribution in [-0.2, 0) is 7.05 Å². The minimum atomic E-state index is 0. The van der Waals surface area contributed by atoms with Crippen LogP contribution in [0.15, 0.2) is 60.8 Å². The maximum Gasteiger partial charge on any atom is 0.242 e. The van der Waals surface area contributed by atoms with E-state index in [1.54, 1.807) is 6.20 Å². The molecule has 0 saturated carbocycles. The third kappa shape index (κ3) is 2.84. The summed E-state index contributed by atoms with van der Waals surface area (Å²) in [6, 6.07) is 17.8. The van der Waals surface area contributed by atoms with Gasteiger partial charge in [-0.1, -0.05) is 35.0 Å². The molecule has 0 amide bonds. The van der Waals surface area contributed by atoms with Crippen LogP contribution in [-0.4, -0.2) is 5.10 Å². The lowest BCUT2D eigenvalue weighted by atomic mass is 10.2. The van der Waals surface area contributed by atoms with Gasteiger partial charge in [0, 0.05) is 6.07 Å². The molecular formula is C15H13IN2O. The maximum absolute atomic E-state index is 5.87. The Morgan fingerprint density at radius 3 is 2.42 bits per heavy atom. The van der Waals surface area contributed by atoms with E-state index in [2.05, 4.69) is 5.10 Å². The maximum atomic E-state index is 5.87. The van der Waals surface area contributed by atoms with E-state index in [9.17, 15) is 0 Å². The summed E-state index contributed by atoms with van der Waals surface area (Å²) in [5.74, 6) is 1.59. The Morgan fingerprint density at radius 2 is 1.63 bits per heavy atom. The van der Waals surface area contributed by atoms with Crippen molar-refractivity contribution in [1.29, 1.82) is 0 Å². The van der Waals surface area contributed by atoms with Crippen molar-refractivity contribution in [3.8, 4) is 11.5 Å². The van der Waals surface area contributed by atoms with E-state index in [1.165, 1.54) is 0 Å². The lowest BCUT2D eigenvalue weighted by molar-refractivity contribution is -0.705. The smallest absolute Gasteiger partial charge is 0.242 e. The number of benzene rings is 2. The van der Waals surface area contributed by atoms with Gasteiger partial charge in [-0.25, -0.2) is 0 Å². The molecule has 1 aromatic heterocycles. The monoisotopic (exact) mass is 364 g/mol. The van der Waals surface area contributed by atoms with Crippen LogP contribution >= 0.6 is 0 Å². The van der Waals surface area contributed by atoms with Gasteiger partial charge in [-0.05, 0) is 23.3 Å². The number of rotatable bonds is 2. The van der Waals surface area contributed by atoms with Crippen LogP contribution in [0.1, 0.15) is 0 Å². The van der Waals surface area contributed by atoms with Gasteiger partial charge in [0.05, 0.1) is 5.39 Å². The molecule has 0 atom stereocenters. The predicted octanol–water partition coefficient (Wildman–Crippen LogP) is -0.144. The summed E-state index contributed by atoms with van der Waals surface area (Å²) in [5.41, 5.74) is 1.05. The molecule has 3 aromatic rings. The number of hydrogen-bond acceptors (Lipinski definition) is 2. The molecule has 0 aliphatic heterocycles. The average molecular weight is 364 g/mol. The molecular weight excluding hydrogens is 351 g/mol. The Hall–Kier alpha value is -1.69. The van der Waals surface area contributed by atoms with Crippen molar-refractivity contribution in [3.05, 3.63) is 60.8 Å². The van der Waals surface area contributed by atoms with Gasteiger partial charge in [-0.3, -0.25) is 0 Å². The fraction of sp³-hybridized carbons (Fsp3) is 0.0667. The van der Waals surface area contributed by atoms with Crippen molar-refractivity contribution in [1.82, 2.24) is 5.10 Å². The van der Waals surface area contributed by atoms with Crippen LogP contribution in [0.5, 0.6) is 11.5 Å². The topological polar surface area (TPSA) is 26.0 Å². The molecule has 4 heteroatoms. The first-order chi connectivity index (χ1) is 8.84. The van der Waals surface area contributed by atoms with E-state index in [0.717, 1.165) is 22.4 Å². The van der Waals surface area contributed by atoms with E-state index < -0.39 is 0 Å². The fourth-order valence-corrected chi connectivity index (χ4v) is 1.93. The normalized spacial score (nSPS) is 9.95. The lowest BCUT2D eigenvalue weighted by Crippen LogP contribution is -3.00.